The van der Waals surface area contributed by atoms with E-state index in [1.807, 2.05) is 24.3 Å². The molecule has 3 nitrogen and oxygen atoms in total. The van der Waals surface area contributed by atoms with Gasteiger partial charge in [-0.3, -0.25) is 0 Å². The zero-order valence-corrected chi connectivity index (χ0v) is 19.0. The Balaban J connectivity index is 1.30. The van der Waals surface area contributed by atoms with E-state index >= 15 is 0 Å². The van der Waals surface area contributed by atoms with Crippen LogP contribution in [0.5, 0.6) is 5.75 Å². The van der Waals surface area contributed by atoms with Crippen LogP contribution in [0.3, 0.4) is 0 Å². The first kappa shape index (κ1) is 21.0. The standard InChI is InChI=1S/C25H35ClO3/c1-24(2,3)14-22(26)18-5-7-21(8-6-18)28-15-23(27)29-25(4)19-10-16-9-17(12-19)13-20(25)11-16/h5-8,16-17,19-20,22H,9-15H2,1-4H3. The van der Waals surface area contributed by atoms with Crippen LogP contribution in [-0.4, -0.2) is 18.2 Å². The summed E-state index contributed by atoms with van der Waals surface area (Å²) in [5, 5.41) is -0.0223. The highest BCUT2D eigenvalue weighted by atomic mass is 35.5. The molecule has 5 rings (SSSR count). The van der Waals surface area contributed by atoms with Crippen molar-refractivity contribution in [3.63, 3.8) is 0 Å². The van der Waals surface area contributed by atoms with Crippen molar-refractivity contribution in [2.75, 3.05) is 6.61 Å². The van der Waals surface area contributed by atoms with Gasteiger partial charge in [-0.25, -0.2) is 4.79 Å². The van der Waals surface area contributed by atoms with E-state index in [2.05, 4.69) is 27.7 Å². The second-order valence-corrected chi connectivity index (χ2v) is 11.6. The molecular weight excluding hydrogens is 384 g/mol. The fourth-order valence-electron chi connectivity index (χ4n) is 6.13. The molecular formula is C25H35ClO3. The van der Waals surface area contributed by atoms with E-state index in [1.165, 1.54) is 32.1 Å². The molecule has 1 aromatic carbocycles. The molecule has 0 spiro atoms. The molecule has 0 N–H and O–H groups in total. The number of alkyl halides is 1. The highest BCUT2D eigenvalue weighted by molar-refractivity contribution is 6.20. The molecule has 0 heterocycles. The minimum absolute atomic E-state index is 0.0223. The maximum Gasteiger partial charge on any atom is 0.344 e. The van der Waals surface area contributed by atoms with Crippen LogP contribution in [-0.2, 0) is 9.53 Å². The quantitative estimate of drug-likeness (QED) is 0.388. The van der Waals surface area contributed by atoms with Gasteiger partial charge in [-0.1, -0.05) is 32.9 Å². The smallest absolute Gasteiger partial charge is 0.344 e. The van der Waals surface area contributed by atoms with Crippen molar-refractivity contribution >= 4 is 17.6 Å². The lowest BCUT2D eigenvalue weighted by atomic mass is 9.50. The fraction of sp³-hybridized carbons (Fsp3) is 0.720. The van der Waals surface area contributed by atoms with Crippen molar-refractivity contribution in [3.8, 4) is 5.75 Å². The molecule has 4 heteroatoms. The maximum absolute atomic E-state index is 12.6. The van der Waals surface area contributed by atoms with Crippen LogP contribution < -0.4 is 4.74 Å². The highest BCUT2D eigenvalue weighted by Gasteiger charge is 2.57. The van der Waals surface area contributed by atoms with Crippen LogP contribution in [0.1, 0.15) is 77.2 Å². The minimum atomic E-state index is -0.295. The maximum atomic E-state index is 12.6. The summed E-state index contributed by atoms with van der Waals surface area (Å²) < 4.78 is 11.8. The van der Waals surface area contributed by atoms with Gasteiger partial charge in [-0.15, -0.1) is 11.6 Å². The van der Waals surface area contributed by atoms with E-state index in [0.717, 1.165) is 23.8 Å². The van der Waals surface area contributed by atoms with Gasteiger partial charge in [0.2, 0.25) is 0 Å². The zero-order valence-electron chi connectivity index (χ0n) is 18.2. The van der Waals surface area contributed by atoms with Gasteiger partial charge in [0.05, 0.1) is 5.38 Å². The molecule has 0 radical (unpaired) electrons. The van der Waals surface area contributed by atoms with Gasteiger partial charge in [0, 0.05) is 0 Å². The molecule has 4 bridgehead atoms. The molecule has 4 aliphatic rings. The van der Waals surface area contributed by atoms with E-state index in [9.17, 15) is 4.79 Å². The predicted octanol–water partition coefficient (Wildman–Crippen LogP) is 6.54. The molecule has 0 aliphatic heterocycles. The summed E-state index contributed by atoms with van der Waals surface area (Å²) in [5.41, 5.74) is 0.966. The third-order valence-corrected chi connectivity index (χ3v) is 7.89. The second-order valence-electron chi connectivity index (χ2n) is 11.1. The van der Waals surface area contributed by atoms with E-state index in [0.29, 0.717) is 17.6 Å². The highest BCUT2D eigenvalue weighted by Crippen LogP contribution is 2.59. The largest absolute Gasteiger partial charge is 0.482 e. The van der Waals surface area contributed by atoms with Gasteiger partial charge in [-0.2, -0.15) is 0 Å². The van der Waals surface area contributed by atoms with Crippen LogP contribution in [0, 0.1) is 29.1 Å². The topological polar surface area (TPSA) is 35.5 Å². The van der Waals surface area contributed by atoms with Gasteiger partial charge >= 0.3 is 5.97 Å². The molecule has 0 aromatic heterocycles. The van der Waals surface area contributed by atoms with Gasteiger partial charge < -0.3 is 9.47 Å². The second kappa shape index (κ2) is 7.80. The van der Waals surface area contributed by atoms with Crippen LogP contribution in [0.4, 0.5) is 0 Å². The Bertz CT molecular complexity index is 705. The van der Waals surface area contributed by atoms with Gasteiger partial charge in [0.1, 0.15) is 11.4 Å². The van der Waals surface area contributed by atoms with Gasteiger partial charge in [-0.05, 0) is 92.2 Å². The summed E-state index contributed by atoms with van der Waals surface area (Å²) in [6.45, 7) is 8.71. The SMILES string of the molecule is CC(C)(C)CC(Cl)c1ccc(OCC(=O)OC2(C)C3CC4CC(C3)CC2C4)cc1. The van der Waals surface area contributed by atoms with Crippen molar-refractivity contribution in [2.24, 2.45) is 29.1 Å². The summed E-state index contributed by atoms with van der Waals surface area (Å²) in [5.74, 6) is 3.23. The van der Waals surface area contributed by atoms with Crippen molar-refractivity contribution in [1.82, 2.24) is 0 Å². The lowest BCUT2D eigenvalue weighted by molar-refractivity contribution is -0.204. The molecule has 4 fully saturated rings. The Morgan fingerprint density at radius 3 is 2.14 bits per heavy atom. The number of hydrogen-bond donors (Lipinski definition) is 0. The number of esters is 1. The minimum Gasteiger partial charge on any atom is -0.482 e. The number of hydrogen-bond acceptors (Lipinski definition) is 3. The van der Waals surface area contributed by atoms with Crippen LogP contribution in [0.15, 0.2) is 24.3 Å². The Hall–Kier alpha value is -1.22. The van der Waals surface area contributed by atoms with Crippen molar-refractivity contribution in [3.05, 3.63) is 29.8 Å². The first-order chi connectivity index (χ1) is 13.6. The average molecular weight is 419 g/mol. The average Bonchev–Trinajstić information content (AvgIpc) is 2.63. The van der Waals surface area contributed by atoms with Crippen molar-refractivity contribution in [1.29, 1.82) is 0 Å². The third-order valence-electron chi connectivity index (χ3n) is 7.48. The molecule has 1 aromatic rings. The summed E-state index contributed by atoms with van der Waals surface area (Å²) in [4.78, 5) is 12.6. The van der Waals surface area contributed by atoms with E-state index < -0.39 is 0 Å². The Morgan fingerprint density at radius 2 is 1.62 bits per heavy atom. The number of ether oxygens (including phenoxy) is 2. The van der Waals surface area contributed by atoms with Crippen molar-refractivity contribution in [2.45, 2.75) is 77.2 Å². The van der Waals surface area contributed by atoms with E-state index in [-0.39, 0.29) is 29.0 Å². The predicted molar refractivity (Wildman–Crippen MR) is 116 cm³/mol. The summed E-state index contributed by atoms with van der Waals surface area (Å²) in [6.07, 6.45) is 7.22. The van der Waals surface area contributed by atoms with Crippen molar-refractivity contribution < 1.29 is 14.3 Å². The lowest BCUT2D eigenvalue weighted by Gasteiger charge is -2.59. The number of benzene rings is 1. The number of carbonyl (C=O) groups excluding carboxylic acids is 1. The summed E-state index contributed by atoms with van der Waals surface area (Å²) in [7, 11) is 0. The Morgan fingerprint density at radius 1 is 1.07 bits per heavy atom. The van der Waals surface area contributed by atoms with E-state index in [1.54, 1.807) is 0 Å². The van der Waals surface area contributed by atoms with Crippen LogP contribution >= 0.6 is 11.6 Å². The number of rotatable bonds is 6. The van der Waals surface area contributed by atoms with Gasteiger partial charge in [0.15, 0.2) is 6.61 Å². The first-order valence-corrected chi connectivity index (χ1v) is 11.6. The monoisotopic (exact) mass is 418 g/mol. The molecule has 0 amide bonds. The Labute approximate surface area is 180 Å². The normalized spacial score (nSPS) is 34.1. The Kier molecular flexibility index (Phi) is 5.65. The summed E-state index contributed by atoms with van der Waals surface area (Å²) >= 11 is 6.54. The van der Waals surface area contributed by atoms with Gasteiger partial charge in [0.25, 0.3) is 0 Å². The fourth-order valence-corrected chi connectivity index (χ4v) is 6.74. The molecule has 160 valence electrons. The van der Waals surface area contributed by atoms with Crippen LogP contribution in [0.25, 0.3) is 0 Å². The number of carbonyl (C=O) groups is 1. The third kappa shape index (κ3) is 4.60. The van der Waals surface area contributed by atoms with Crippen LogP contribution in [0.2, 0.25) is 0 Å². The molecule has 0 saturated heterocycles. The molecule has 4 saturated carbocycles. The summed E-state index contributed by atoms with van der Waals surface area (Å²) in [6, 6.07) is 7.77. The number of halogens is 1. The molecule has 4 aliphatic carbocycles. The molecule has 1 unspecified atom stereocenters. The lowest BCUT2D eigenvalue weighted by Crippen LogP contribution is -2.58. The molecule has 29 heavy (non-hydrogen) atoms. The van der Waals surface area contributed by atoms with E-state index in [4.69, 9.17) is 21.1 Å². The first-order valence-electron chi connectivity index (χ1n) is 11.2. The zero-order chi connectivity index (χ0) is 20.8. The molecule has 1 atom stereocenters.